The average Bonchev–Trinajstić information content (AvgIpc) is 3.72. The van der Waals surface area contributed by atoms with Crippen molar-refractivity contribution in [3.8, 4) is 0 Å². The Balaban J connectivity index is 0.000000174. The standard InChI is InChI=1S/C20H19F3N4O.C20H26FN5O3/c21-20(22,23)18-8-4-7-17(25-18)19(28)24-14-9-10-16-13(11-14)12-27(26-16)15-5-2-1-3-6-15;1-23(2)13-9-10-25(11-12(13)21)14-5-4-6-15-18(14)24(3)20(29)26(15)16-7-8-17(27)22-19(16)28/h4,7-12,15H,1-3,5-6H2,(H,24,28);4-6,12-13,16H,7-11H2,1-3H3,(H,22,27,28). The molecule has 3 aromatic heterocycles. The number of benzene rings is 2. The first-order chi connectivity index (χ1) is 27.2. The van der Waals surface area contributed by atoms with Gasteiger partial charge in [-0.05, 0) is 82.2 Å². The minimum Gasteiger partial charge on any atom is -0.367 e. The summed E-state index contributed by atoms with van der Waals surface area (Å²) in [7, 11) is 5.44. The second kappa shape index (κ2) is 16.1. The number of carbonyl (C=O) groups is 3. The van der Waals surface area contributed by atoms with E-state index in [-0.39, 0.29) is 42.7 Å². The summed E-state index contributed by atoms with van der Waals surface area (Å²) in [5.41, 5.74) is 1.69. The summed E-state index contributed by atoms with van der Waals surface area (Å²) in [5.74, 6) is -1.47. The van der Waals surface area contributed by atoms with E-state index in [1.54, 1.807) is 31.3 Å². The monoisotopic (exact) mass is 791 g/mol. The van der Waals surface area contributed by atoms with E-state index >= 15 is 0 Å². The number of pyridine rings is 1. The molecule has 0 spiro atoms. The lowest BCUT2D eigenvalue weighted by atomic mass is 9.96. The molecule has 3 amide bonds. The Kier molecular flexibility index (Phi) is 11.2. The van der Waals surface area contributed by atoms with E-state index in [1.807, 2.05) is 46.9 Å². The number of para-hydroxylation sites is 1. The molecule has 0 bridgehead atoms. The van der Waals surface area contributed by atoms with E-state index in [9.17, 15) is 36.7 Å². The van der Waals surface area contributed by atoms with Crippen LogP contribution in [0.1, 0.15) is 79.6 Å². The van der Waals surface area contributed by atoms with Gasteiger partial charge in [-0.15, -0.1) is 0 Å². The molecule has 2 N–H and O–H groups in total. The number of rotatable bonds is 6. The molecule has 3 fully saturated rings. The Hall–Kier alpha value is -5.58. The number of aryl methyl sites for hydroxylation is 1. The predicted molar refractivity (Wildman–Crippen MR) is 207 cm³/mol. The van der Waals surface area contributed by atoms with Gasteiger partial charge in [0.25, 0.3) is 5.91 Å². The summed E-state index contributed by atoms with van der Waals surface area (Å²) in [5, 5.41) is 10.4. The molecule has 3 unspecified atom stereocenters. The fourth-order valence-electron chi connectivity index (χ4n) is 8.16. The van der Waals surface area contributed by atoms with Crippen LogP contribution in [0, 0.1) is 0 Å². The maximum Gasteiger partial charge on any atom is 0.433 e. The van der Waals surface area contributed by atoms with Crippen LogP contribution in [0.5, 0.6) is 0 Å². The molecular formula is C40H45F4N9O4. The summed E-state index contributed by atoms with van der Waals surface area (Å²) >= 11 is 0. The Labute approximate surface area is 325 Å². The normalized spacial score (nSPS) is 20.8. The van der Waals surface area contributed by atoms with E-state index < -0.39 is 35.9 Å². The predicted octanol–water partition coefficient (Wildman–Crippen LogP) is 6.00. The SMILES string of the molecule is CN(C)C1CCN(c2cccc3c2n(C)c(=O)n3C2CCC(=O)NC2=O)CC1F.O=C(Nc1ccc2nn(C3CCCCC3)cc2c1)c1cccc(C(F)(F)F)n1. The van der Waals surface area contributed by atoms with Crippen LogP contribution in [-0.4, -0.2) is 85.9 Å². The van der Waals surface area contributed by atoms with Crippen molar-refractivity contribution in [1.29, 1.82) is 0 Å². The molecule has 5 heterocycles. The molecule has 3 aliphatic rings. The largest absolute Gasteiger partial charge is 0.433 e. The lowest BCUT2D eigenvalue weighted by Gasteiger charge is -2.39. The molecule has 57 heavy (non-hydrogen) atoms. The molecule has 3 atom stereocenters. The number of carbonyl (C=O) groups excluding carboxylic acids is 3. The zero-order valence-corrected chi connectivity index (χ0v) is 31.9. The molecular weight excluding hydrogens is 746 g/mol. The van der Waals surface area contributed by atoms with E-state index in [0.717, 1.165) is 35.5 Å². The van der Waals surface area contributed by atoms with E-state index in [0.29, 0.717) is 35.7 Å². The van der Waals surface area contributed by atoms with Crippen molar-refractivity contribution in [1.82, 2.24) is 34.1 Å². The number of hydrogen-bond donors (Lipinski definition) is 2. The van der Waals surface area contributed by atoms with Gasteiger partial charge in [-0.2, -0.15) is 18.3 Å². The quantitative estimate of drug-likeness (QED) is 0.158. The molecule has 5 aromatic rings. The second-order valence-electron chi connectivity index (χ2n) is 15.1. The molecule has 302 valence electrons. The van der Waals surface area contributed by atoms with Crippen LogP contribution < -0.4 is 21.2 Å². The first-order valence-electron chi connectivity index (χ1n) is 19.1. The average molecular weight is 792 g/mol. The number of piperidine rings is 2. The van der Waals surface area contributed by atoms with Crippen LogP contribution in [0.4, 0.5) is 28.9 Å². The summed E-state index contributed by atoms with van der Waals surface area (Å²) in [6, 6.07) is 13.6. The molecule has 2 aliphatic heterocycles. The van der Waals surface area contributed by atoms with Gasteiger partial charge in [0.2, 0.25) is 11.8 Å². The van der Waals surface area contributed by atoms with Crippen LogP contribution in [0.3, 0.4) is 0 Å². The number of hydrogen-bond acceptors (Lipinski definition) is 8. The fraction of sp³-hybridized carbons (Fsp3) is 0.450. The van der Waals surface area contributed by atoms with Gasteiger partial charge >= 0.3 is 11.9 Å². The van der Waals surface area contributed by atoms with Crippen LogP contribution in [0.2, 0.25) is 0 Å². The zero-order valence-electron chi connectivity index (χ0n) is 31.9. The smallest absolute Gasteiger partial charge is 0.367 e. The van der Waals surface area contributed by atoms with Crippen molar-refractivity contribution in [3.63, 3.8) is 0 Å². The maximum absolute atomic E-state index is 14.8. The molecule has 1 saturated carbocycles. The van der Waals surface area contributed by atoms with E-state index in [4.69, 9.17) is 0 Å². The summed E-state index contributed by atoms with van der Waals surface area (Å²) in [6.45, 7) is 0.930. The highest BCUT2D eigenvalue weighted by Gasteiger charge is 2.35. The zero-order chi connectivity index (χ0) is 40.6. The Morgan fingerprint density at radius 1 is 0.965 bits per heavy atom. The van der Waals surface area contributed by atoms with Crippen molar-refractivity contribution < 1.29 is 31.9 Å². The van der Waals surface area contributed by atoms with Gasteiger partial charge in [0, 0.05) is 43.3 Å². The summed E-state index contributed by atoms with van der Waals surface area (Å²) in [4.78, 5) is 56.5. The second-order valence-corrected chi connectivity index (χ2v) is 15.1. The highest BCUT2D eigenvalue weighted by molar-refractivity contribution is 6.04. The Bertz CT molecular complexity index is 2360. The first kappa shape index (κ1) is 39.6. The number of nitrogens with one attached hydrogen (secondary N) is 2. The molecule has 2 aromatic carbocycles. The molecule has 8 rings (SSSR count). The van der Waals surface area contributed by atoms with Gasteiger partial charge in [0.1, 0.15) is 23.6 Å². The lowest BCUT2D eigenvalue weighted by molar-refractivity contribution is -0.141. The van der Waals surface area contributed by atoms with Crippen molar-refractivity contribution >= 4 is 51.0 Å². The summed E-state index contributed by atoms with van der Waals surface area (Å²) in [6.07, 6.45) is 3.42. The molecule has 2 saturated heterocycles. The number of fused-ring (bicyclic) bond motifs is 2. The van der Waals surface area contributed by atoms with Crippen LogP contribution in [0.15, 0.2) is 65.6 Å². The minimum absolute atomic E-state index is 0.123. The molecule has 0 radical (unpaired) electrons. The minimum atomic E-state index is -4.59. The number of alkyl halides is 4. The van der Waals surface area contributed by atoms with Gasteiger partial charge in [0.15, 0.2) is 0 Å². The van der Waals surface area contributed by atoms with Gasteiger partial charge in [-0.3, -0.25) is 33.5 Å². The lowest BCUT2D eigenvalue weighted by Crippen LogP contribution is -2.50. The number of nitrogens with zero attached hydrogens (tertiary/aromatic N) is 7. The highest BCUT2D eigenvalue weighted by atomic mass is 19.4. The van der Waals surface area contributed by atoms with Crippen molar-refractivity contribution in [2.45, 2.75) is 81.8 Å². The maximum atomic E-state index is 14.8. The van der Waals surface area contributed by atoms with Crippen LogP contribution >= 0.6 is 0 Å². The number of anilines is 2. The van der Waals surface area contributed by atoms with Crippen molar-refractivity contribution in [3.05, 3.63) is 82.7 Å². The summed E-state index contributed by atoms with van der Waals surface area (Å²) < 4.78 is 58.1. The number of aromatic nitrogens is 5. The van der Waals surface area contributed by atoms with Crippen molar-refractivity contribution in [2.75, 3.05) is 37.4 Å². The third-order valence-electron chi connectivity index (χ3n) is 11.1. The van der Waals surface area contributed by atoms with Gasteiger partial charge in [-0.1, -0.05) is 31.4 Å². The number of imidazole rings is 1. The number of imide groups is 1. The Morgan fingerprint density at radius 3 is 2.42 bits per heavy atom. The fourth-order valence-corrected chi connectivity index (χ4v) is 8.16. The molecule has 17 heteroatoms. The highest BCUT2D eigenvalue weighted by Crippen LogP contribution is 2.33. The van der Waals surface area contributed by atoms with Gasteiger partial charge in [0.05, 0.1) is 34.8 Å². The first-order valence-corrected chi connectivity index (χ1v) is 19.1. The molecule has 1 aliphatic carbocycles. The van der Waals surface area contributed by atoms with Crippen LogP contribution in [0.25, 0.3) is 21.9 Å². The molecule has 13 nitrogen and oxygen atoms in total. The third-order valence-corrected chi connectivity index (χ3v) is 11.1. The Morgan fingerprint density at radius 2 is 1.72 bits per heavy atom. The van der Waals surface area contributed by atoms with E-state index in [2.05, 4.69) is 20.7 Å². The number of amides is 3. The topological polar surface area (TPSA) is 139 Å². The van der Waals surface area contributed by atoms with Gasteiger partial charge < -0.3 is 15.1 Å². The van der Waals surface area contributed by atoms with E-state index in [1.165, 1.54) is 40.5 Å². The third kappa shape index (κ3) is 8.29. The number of halogens is 4. The van der Waals surface area contributed by atoms with Crippen LogP contribution in [-0.2, 0) is 22.8 Å². The van der Waals surface area contributed by atoms with Crippen molar-refractivity contribution in [2.24, 2.45) is 7.05 Å². The van der Waals surface area contributed by atoms with Gasteiger partial charge in [-0.25, -0.2) is 14.2 Å².